The van der Waals surface area contributed by atoms with Crippen LogP contribution in [-0.2, 0) is 14.3 Å². The molecular formula is C23H30N2O5. The van der Waals surface area contributed by atoms with Crippen LogP contribution in [0.25, 0.3) is 0 Å². The SMILES string of the molecule is CCOCCOc1ccc(NCC(=O)Nc2ccccc2OCC2CCCO2)cc1. The molecule has 0 spiro atoms. The molecule has 1 saturated heterocycles. The summed E-state index contributed by atoms with van der Waals surface area (Å²) in [4.78, 5) is 12.4. The fourth-order valence-electron chi connectivity index (χ4n) is 3.06. The van der Waals surface area contributed by atoms with Gasteiger partial charge in [0.1, 0.15) is 24.7 Å². The number of anilines is 2. The summed E-state index contributed by atoms with van der Waals surface area (Å²) >= 11 is 0. The summed E-state index contributed by atoms with van der Waals surface area (Å²) in [6.07, 6.45) is 2.20. The lowest BCUT2D eigenvalue weighted by atomic mass is 10.2. The molecule has 162 valence electrons. The van der Waals surface area contributed by atoms with Crippen LogP contribution in [-0.4, -0.2) is 51.6 Å². The van der Waals surface area contributed by atoms with Crippen molar-refractivity contribution in [2.75, 3.05) is 50.2 Å². The Morgan fingerprint density at radius 3 is 2.70 bits per heavy atom. The van der Waals surface area contributed by atoms with Crippen LogP contribution in [0.4, 0.5) is 11.4 Å². The second kappa shape index (κ2) is 12.0. The molecule has 1 unspecified atom stereocenters. The van der Waals surface area contributed by atoms with E-state index < -0.39 is 0 Å². The molecule has 1 amide bonds. The van der Waals surface area contributed by atoms with Gasteiger partial charge in [-0.15, -0.1) is 0 Å². The summed E-state index contributed by atoms with van der Waals surface area (Å²) in [6, 6.07) is 14.9. The standard InChI is InChI=1S/C23H30N2O5/c1-2-27-14-15-29-19-11-9-18(10-12-19)24-16-23(26)25-21-7-3-4-8-22(21)30-17-20-6-5-13-28-20/h3-4,7-12,20,24H,2,5-6,13-17H2,1H3,(H,25,26). The van der Waals surface area contributed by atoms with Gasteiger partial charge < -0.3 is 29.6 Å². The molecule has 30 heavy (non-hydrogen) atoms. The van der Waals surface area contributed by atoms with Crippen molar-refractivity contribution >= 4 is 17.3 Å². The van der Waals surface area contributed by atoms with Gasteiger partial charge in [-0.1, -0.05) is 12.1 Å². The topological polar surface area (TPSA) is 78.1 Å². The van der Waals surface area contributed by atoms with E-state index in [9.17, 15) is 4.79 Å². The highest BCUT2D eigenvalue weighted by Gasteiger charge is 2.17. The van der Waals surface area contributed by atoms with E-state index in [4.69, 9.17) is 18.9 Å². The van der Waals surface area contributed by atoms with E-state index in [1.165, 1.54) is 0 Å². The van der Waals surface area contributed by atoms with Gasteiger partial charge in [-0.3, -0.25) is 4.79 Å². The Morgan fingerprint density at radius 2 is 1.93 bits per heavy atom. The highest BCUT2D eigenvalue weighted by Crippen LogP contribution is 2.25. The molecule has 1 aliphatic rings. The molecule has 0 radical (unpaired) electrons. The third kappa shape index (κ3) is 7.24. The van der Waals surface area contributed by atoms with Gasteiger partial charge in [0, 0.05) is 18.9 Å². The van der Waals surface area contributed by atoms with E-state index in [0.29, 0.717) is 37.9 Å². The number of rotatable bonds is 12. The van der Waals surface area contributed by atoms with Crippen LogP contribution < -0.4 is 20.1 Å². The molecule has 3 rings (SSSR count). The second-order valence-electron chi connectivity index (χ2n) is 6.91. The fourth-order valence-corrected chi connectivity index (χ4v) is 3.06. The van der Waals surface area contributed by atoms with Gasteiger partial charge in [-0.2, -0.15) is 0 Å². The molecule has 1 fully saturated rings. The Labute approximate surface area is 177 Å². The summed E-state index contributed by atoms with van der Waals surface area (Å²) in [7, 11) is 0. The van der Waals surface area contributed by atoms with Gasteiger partial charge in [0.25, 0.3) is 0 Å². The molecule has 7 heteroatoms. The van der Waals surface area contributed by atoms with Crippen molar-refractivity contribution in [2.45, 2.75) is 25.9 Å². The zero-order chi connectivity index (χ0) is 21.0. The minimum absolute atomic E-state index is 0.126. The van der Waals surface area contributed by atoms with E-state index in [1.807, 2.05) is 55.5 Å². The molecule has 2 aromatic rings. The number of para-hydroxylation sites is 2. The predicted molar refractivity (Wildman–Crippen MR) is 116 cm³/mol. The largest absolute Gasteiger partial charge is 0.491 e. The van der Waals surface area contributed by atoms with Gasteiger partial charge in [0.15, 0.2) is 0 Å². The maximum atomic E-state index is 12.4. The molecule has 1 heterocycles. The summed E-state index contributed by atoms with van der Waals surface area (Å²) in [5.74, 6) is 1.26. The molecule has 0 bridgehead atoms. The van der Waals surface area contributed by atoms with Crippen molar-refractivity contribution in [1.29, 1.82) is 0 Å². The molecule has 2 aromatic carbocycles. The summed E-state index contributed by atoms with van der Waals surface area (Å²) in [5, 5.41) is 6.01. The molecule has 0 saturated carbocycles. The van der Waals surface area contributed by atoms with Gasteiger partial charge in [0.2, 0.25) is 5.91 Å². The summed E-state index contributed by atoms with van der Waals surface area (Å²) < 4.78 is 22.3. The quantitative estimate of drug-likeness (QED) is 0.516. The fraction of sp³-hybridized carbons (Fsp3) is 0.435. The summed E-state index contributed by atoms with van der Waals surface area (Å²) in [6.45, 7) is 5.13. The number of carbonyl (C=O) groups is 1. The Morgan fingerprint density at radius 1 is 1.10 bits per heavy atom. The third-order valence-corrected chi connectivity index (χ3v) is 4.62. The van der Waals surface area contributed by atoms with E-state index in [0.717, 1.165) is 30.9 Å². The molecular weight excluding hydrogens is 384 g/mol. The third-order valence-electron chi connectivity index (χ3n) is 4.62. The number of hydrogen-bond donors (Lipinski definition) is 2. The van der Waals surface area contributed by atoms with Crippen molar-refractivity contribution in [1.82, 2.24) is 0 Å². The van der Waals surface area contributed by atoms with E-state index in [2.05, 4.69) is 10.6 Å². The average Bonchev–Trinajstić information content (AvgIpc) is 3.29. The Hall–Kier alpha value is -2.77. The monoisotopic (exact) mass is 414 g/mol. The van der Waals surface area contributed by atoms with Crippen molar-refractivity contribution in [2.24, 2.45) is 0 Å². The Bertz CT molecular complexity index is 775. The highest BCUT2D eigenvalue weighted by atomic mass is 16.5. The lowest BCUT2D eigenvalue weighted by molar-refractivity contribution is -0.114. The zero-order valence-electron chi connectivity index (χ0n) is 17.4. The van der Waals surface area contributed by atoms with E-state index >= 15 is 0 Å². The number of benzene rings is 2. The van der Waals surface area contributed by atoms with Crippen LogP contribution in [0.5, 0.6) is 11.5 Å². The van der Waals surface area contributed by atoms with E-state index in [1.54, 1.807) is 0 Å². The number of nitrogens with one attached hydrogen (secondary N) is 2. The van der Waals surface area contributed by atoms with Crippen LogP contribution in [0.15, 0.2) is 48.5 Å². The number of carbonyl (C=O) groups excluding carboxylic acids is 1. The first-order valence-electron chi connectivity index (χ1n) is 10.4. The average molecular weight is 415 g/mol. The predicted octanol–water partition coefficient (Wildman–Crippen LogP) is 3.71. The minimum atomic E-state index is -0.153. The van der Waals surface area contributed by atoms with Crippen molar-refractivity contribution in [3.8, 4) is 11.5 Å². The van der Waals surface area contributed by atoms with Crippen molar-refractivity contribution in [3.63, 3.8) is 0 Å². The molecule has 1 atom stereocenters. The maximum absolute atomic E-state index is 12.4. The first kappa shape index (κ1) is 21.9. The van der Waals surface area contributed by atoms with Crippen molar-refractivity contribution < 1.29 is 23.7 Å². The molecule has 1 aliphatic heterocycles. The second-order valence-corrected chi connectivity index (χ2v) is 6.91. The lowest BCUT2D eigenvalue weighted by Gasteiger charge is -2.15. The molecule has 7 nitrogen and oxygen atoms in total. The first-order valence-corrected chi connectivity index (χ1v) is 10.4. The first-order chi connectivity index (χ1) is 14.7. The number of ether oxygens (including phenoxy) is 4. The van der Waals surface area contributed by atoms with Gasteiger partial charge in [0.05, 0.1) is 24.9 Å². The minimum Gasteiger partial charge on any atom is -0.491 e. The normalized spacial score (nSPS) is 15.6. The molecule has 0 aliphatic carbocycles. The zero-order valence-corrected chi connectivity index (χ0v) is 17.4. The smallest absolute Gasteiger partial charge is 0.243 e. The van der Waals surface area contributed by atoms with Crippen molar-refractivity contribution in [3.05, 3.63) is 48.5 Å². The molecule has 0 aromatic heterocycles. The number of amides is 1. The van der Waals surface area contributed by atoms with E-state index in [-0.39, 0.29) is 18.6 Å². The summed E-state index contributed by atoms with van der Waals surface area (Å²) in [5.41, 5.74) is 1.49. The van der Waals surface area contributed by atoms with Crippen LogP contribution in [0, 0.1) is 0 Å². The Balaban J connectivity index is 1.43. The molecule has 2 N–H and O–H groups in total. The van der Waals surface area contributed by atoms with Crippen LogP contribution in [0.1, 0.15) is 19.8 Å². The van der Waals surface area contributed by atoms with Gasteiger partial charge in [-0.05, 0) is 56.2 Å². The van der Waals surface area contributed by atoms with Gasteiger partial charge >= 0.3 is 0 Å². The Kier molecular flexibility index (Phi) is 8.80. The van der Waals surface area contributed by atoms with Crippen LogP contribution in [0.2, 0.25) is 0 Å². The van der Waals surface area contributed by atoms with Gasteiger partial charge in [-0.25, -0.2) is 0 Å². The van der Waals surface area contributed by atoms with Crippen LogP contribution in [0.3, 0.4) is 0 Å². The number of hydrogen-bond acceptors (Lipinski definition) is 6. The lowest BCUT2D eigenvalue weighted by Crippen LogP contribution is -2.22. The highest BCUT2D eigenvalue weighted by molar-refractivity contribution is 5.95. The maximum Gasteiger partial charge on any atom is 0.243 e. The van der Waals surface area contributed by atoms with Crippen LogP contribution >= 0.6 is 0 Å².